The van der Waals surface area contributed by atoms with Crippen molar-refractivity contribution >= 4 is 0 Å². The molecule has 13 heteroatoms. The van der Waals surface area contributed by atoms with Gasteiger partial charge in [0.15, 0.2) is 6.10 Å². The molecule has 0 bridgehead atoms. The second-order valence-corrected chi connectivity index (χ2v) is 22.0. The van der Waals surface area contributed by atoms with Gasteiger partial charge in [-0.05, 0) is 116 Å². The minimum atomic E-state index is -4.48. The summed E-state index contributed by atoms with van der Waals surface area (Å²) in [5, 5.41) is 54.3. The number of hydrogen-bond donors (Lipinski definition) is 6. The molecule has 0 fully saturated rings. The van der Waals surface area contributed by atoms with Gasteiger partial charge in [-0.1, -0.05) is 195 Å². The first kappa shape index (κ1) is 81.6. The molecule has 0 radical (unpaired) electrons. The monoisotopic (exact) mass is 1050 g/mol. The van der Waals surface area contributed by atoms with Crippen molar-refractivity contribution in [3.05, 3.63) is 0 Å². The summed E-state index contributed by atoms with van der Waals surface area (Å²) >= 11 is 0. The third kappa shape index (κ3) is 49.9. The van der Waals surface area contributed by atoms with Crippen LogP contribution in [0.4, 0.5) is 30.7 Å². The second kappa shape index (κ2) is 54.1. The van der Waals surface area contributed by atoms with E-state index in [1.807, 2.05) is 41.5 Å². The Hall–Kier alpha value is -0.730. The Morgan fingerprint density at radius 3 is 0.986 bits per heavy atom. The van der Waals surface area contributed by atoms with Crippen LogP contribution in [0.2, 0.25) is 0 Å². The fourth-order valence-corrected chi connectivity index (χ4v) is 8.27. The molecule has 71 heavy (non-hydrogen) atoms. The summed E-state index contributed by atoms with van der Waals surface area (Å²) in [7, 11) is 0. The van der Waals surface area contributed by atoms with Gasteiger partial charge in [0.05, 0.1) is 12.8 Å². The van der Waals surface area contributed by atoms with Gasteiger partial charge in [0.25, 0.3) is 6.43 Å². The minimum Gasteiger partial charge on any atom is -0.396 e. The Morgan fingerprint density at radius 1 is 0.394 bits per heavy atom. The SMILES string of the molecule is CC(C)[C@@H](CO)CCCCF.CCCC[C@@H](C(C)C)C(O)C(F)F.CCCC[C@@H](C(C)C)C(O)CF.CCCC[C@@H](C(C)C)[C@@H](O)C(F)(F)F.CCCC[C@H](CCO)C(C)C.CCCC[C@H](CO)C(C)C. The zero-order chi connectivity index (χ0) is 56.7. The third-order valence-electron chi connectivity index (χ3n) is 13.9. The normalized spacial score (nSPS) is 15.5. The molecule has 438 valence electrons. The number of aliphatic hydroxyl groups is 6. The van der Waals surface area contributed by atoms with Crippen molar-refractivity contribution in [2.45, 2.75) is 271 Å². The number of hydrogen-bond acceptors (Lipinski definition) is 6. The quantitative estimate of drug-likeness (QED) is 0.0282. The van der Waals surface area contributed by atoms with Crippen LogP contribution in [0.5, 0.6) is 0 Å². The summed E-state index contributed by atoms with van der Waals surface area (Å²) in [6, 6.07) is 0. The first-order chi connectivity index (χ1) is 33.1. The number of rotatable bonds is 34. The highest BCUT2D eigenvalue weighted by atomic mass is 19.4. The molecule has 0 aromatic rings. The molecule has 2 unspecified atom stereocenters. The van der Waals surface area contributed by atoms with Crippen LogP contribution in [0, 0.1) is 71.0 Å². The molecule has 6 N–H and O–H groups in total. The van der Waals surface area contributed by atoms with Gasteiger partial charge in [-0.15, -0.1) is 0 Å². The standard InChI is InChI=1S/C10H19F3O.C10H20F2O.C10H21FO.C10H22O.C9H19FO.C9H20O/c1-4-5-6-8(7(2)3)9(14)10(11,12)13;1-4-5-6-8(7(2)3)9(13)10(11)12;1-4-5-6-9(8(2)3)10(12)7-11;1-4-5-6-10(7-8-11)9(2)3;1-8(2)9(7-11)5-3-4-6-10;1-4-5-6-9(7-10)8(2)3/h7-9,14H,4-6H2,1-3H3;7-10,13H,4-6H2,1-3H3;8-10,12H,4-7H2,1-3H3;9-11H,4-8H2,1-3H3;8-9,11H,3-7H2,1-2H3;8-10H,4-7H2,1-3H3/t8-,9+;8-,9?;9-,10?;10-;2*9-/m000111/s1. The predicted molar refractivity (Wildman–Crippen MR) is 289 cm³/mol. The summed E-state index contributed by atoms with van der Waals surface area (Å²) in [5.41, 5.74) is 0. The van der Waals surface area contributed by atoms with Crippen molar-refractivity contribution in [1.29, 1.82) is 0 Å². The van der Waals surface area contributed by atoms with E-state index in [-0.39, 0.29) is 37.0 Å². The molecule has 0 heterocycles. The summed E-state index contributed by atoms with van der Waals surface area (Å²) in [6.45, 7) is 34.9. The Balaban J connectivity index is -0.000000179. The maximum Gasteiger partial charge on any atom is 0.414 e. The first-order valence-corrected chi connectivity index (χ1v) is 28.4. The molecule has 0 rings (SSSR count). The van der Waals surface area contributed by atoms with Crippen molar-refractivity contribution in [1.82, 2.24) is 0 Å². The molecule has 0 aromatic carbocycles. The number of aliphatic hydroxyl groups excluding tert-OH is 6. The van der Waals surface area contributed by atoms with Crippen LogP contribution in [0.3, 0.4) is 0 Å². The molecule has 0 spiro atoms. The van der Waals surface area contributed by atoms with E-state index in [1.54, 1.807) is 13.8 Å². The Labute approximate surface area is 434 Å². The molecule has 0 saturated carbocycles. The topological polar surface area (TPSA) is 121 Å². The van der Waals surface area contributed by atoms with E-state index < -0.39 is 43.5 Å². The maximum atomic E-state index is 12.2. The summed E-state index contributed by atoms with van der Waals surface area (Å²) in [6.07, 6.45) is 7.32. The Bertz CT molecular complexity index is 1020. The van der Waals surface area contributed by atoms with Gasteiger partial charge in [0, 0.05) is 19.8 Å². The van der Waals surface area contributed by atoms with Gasteiger partial charge in [-0.3, -0.25) is 4.39 Å². The highest BCUT2D eigenvalue weighted by Gasteiger charge is 2.44. The van der Waals surface area contributed by atoms with E-state index in [2.05, 4.69) is 62.3 Å². The van der Waals surface area contributed by atoms with E-state index in [1.165, 1.54) is 38.5 Å². The molecule has 9 atom stereocenters. The molecular weight excluding hydrogens is 926 g/mol. The van der Waals surface area contributed by atoms with Crippen LogP contribution in [0.25, 0.3) is 0 Å². The second-order valence-electron chi connectivity index (χ2n) is 22.0. The first-order valence-electron chi connectivity index (χ1n) is 28.4. The lowest BCUT2D eigenvalue weighted by molar-refractivity contribution is -0.224. The third-order valence-corrected chi connectivity index (χ3v) is 13.9. The Kier molecular flexibility index (Phi) is 62.2. The lowest BCUT2D eigenvalue weighted by Gasteiger charge is -2.27. The fraction of sp³-hybridized carbons (Fsp3) is 1.00. The van der Waals surface area contributed by atoms with E-state index in [0.29, 0.717) is 62.1 Å². The van der Waals surface area contributed by atoms with E-state index >= 15 is 0 Å². The molecule has 0 aliphatic rings. The molecule has 6 nitrogen and oxygen atoms in total. The largest absolute Gasteiger partial charge is 0.414 e. The van der Waals surface area contributed by atoms with E-state index in [4.69, 9.17) is 20.4 Å². The fourth-order valence-electron chi connectivity index (χ4n) is 8.27. The van der Waals surface area contributed by atoms with Crippen LogP contribution >= 0.6 is 0 Å². The van der Waals surface area contributed by atoms with Crippen molar-refractivity contribution in [3.63, 3.8) is 0 Å². The molecular formula is C58H121F7O6. The van der Waals surface area contributed by atoms with Gasteiger partial charge < -0.3 is 30.6 Å². The molecule has 0 aromatic heterocycles. The van der Waals surface area contributed by atoms with Crippen LogP contribution < -0.4 is 0 Å². The summed E-state index contributed by atoms with van der Waals surface area (Å²) in [4.78, 5) is 0. The van der Waals surface area contributed by atoms with Crippen LogP contribution in [0.1, 0.15) is 240 Å². The zero-order valence-corrected chi connectivity index (χ0v) is 49.0. The molecule has 0 aliphatic carbocycles. The number of halogens is 7. The predicted octanol–water partition coefficient (Wildman–Crippen LogP) is 16.9. The highest BCUT2D eigenvalue weighted by molar-refractivity contribution is 4.78. The molecule has 0 saturated heterocycles. The van der Waals surface area contributed by atoms with Crippen LogP contribution in [0.15, 0.2) is 0 Å². The van der Waals surface area contributed by atoms with Gasteiger partial charge in [0.2, 0.25) is 0 Å². The van der Waals surface area contributed by atoms with Crippen molar-refractivity contribution in [2.24, 2.45) is 71.0 Å². The lowest BCUT2D eigenvalue weighted by atomic mass is 9.85. The van der Waals surface area contributed by atoms with Gasteiger partial charge in [0.1, 0.15) is 12.8 Å². The van der Waals surface area contributed by atoms with Crippen LogP contribution in [-0.2, 0) is 0 Å². The Morgan fingerprint density at radius 2 is 0.718 bits per heavy atom. The highest BCUT2D eigenvalue weighted by Crippen LogP contribution is 2.33. The molecule has 0 amide bonds. The molecule has 0 aliphatic heterocycles. The number of alkyl halides is 7. The van der Waals surface area contributed by atoms with E-state index in [0.717, 1.165) is 76.0 Å². The lowest BCUT2D eigenvalue weighted by Crippen LogP contribution is -2.38. The summed E-state index contributed by atoms with van der Waals surface area (Å²) in [5.74, 6) is 3.06. The average molecular weight is 1050 g/mol. The average Bonchev–Trinajstić information content (AvgIpc) is 3.29. The minimum absolute atomic E-state index is 0.121. The van der Waals surface area contributed by atoms with Gasteiger partial charge in [-0.2, -0.15) is 13.2 Å². The maximum absolute atomic E-state index is 12.2. The zero-order valence-electron chi connectivity index (χ0n) is 49.0. The van der Waals surface area contributed by atoms with Gasteiger partial charge >= 0.3 is 6.18 Å². The number of unbranched alkanes of at least 4 members (excludes halogenated alkanes) is 6. The van der Waals surface area contributed by atoms with Crippen LogP contribution in [-0.4, -0.2) is 94.7 Å². The van der Waals surface area contributed by atoms with Crippen molar-refractivity contribution in [2.75, 3.05) is 33.2 Å². The smallest absolute Gasteiger partial charge is 0.396 e. The van der Waals surface area contributed by atoms with Crippen molar-refractivity contribution in [3.8, 4) is 0 Å². The summed E-state index contributed by atoms with van der Waals surface area (Å²) < 4.78 is 85.0. The van der Waals surface area contributed by atoms with Gasteiger partial charge in [-0.25, -0.2) is 13.2 Å². The van der Waals surface area contributed by atoms with E-state index in [9.17, 15) is 40.9 Å². The van der Waals surface area contributed by atoms with Crippen molar-refractivity contribution < 1.29 is 61.4 Å².